The van der Waals surface area contributed by atoms with Crippen molar-refractivity contribution in [2.75, 3.05) is 32.6 Å². The largest absolute Gasteiger partial charge is 0.497 e. The Balaban J connectivity index is 0.00000400. The Kier molecular flexibility index (Phi) is 10.2. The van der Waals surface area contributed by atoms with E-state index in [1.165, 1.54) is 0 Å². The molecule has 21 heavy (non-hydrogen) atoms. The van der Waals surface area contributed by atoms with Crippen molar-refractivity contribution >= 4 is 35.6 Å². The summed E-state index contributed by atoms with van der Waals surface area (Å²) in [6, 6.07) is 8.15. The molecule has 1 rings (SSSR count). The number of hydrogen-bond acceptors (Lipinski definition) is 3. The third kappa shape index (κ3) is 7.52. The Morgan fingerprint density at radius 2 is 2.00 bits per heavy atom. The molecule has 5 nitrogen and oxygen atoms in total. The highest BCUT2D eigenvalue weighted by atomic mass is 127. The van der Waals surface area contributed by atoms with Gasteiger partial charge in [-0.05, 0) is 44.7 Å². The summed E-state index contributed by atoms with van der Waals surface area (Å²) in [4.78, 5) is 6.61. The van der Waals surface area contributed by atoms with Crippen LogP contribution in [0.3, 0.4) is 0 Å². The second-order valence-corrected chi connectivity index (χ2v) is 4.86. The van der Waals surface area contributed by atoms with E-state index in [1.807, 2.05) is 24.3 Å². The van der Waals surface area contributed by atoms with E-state index in [0.29, 0.717) is 18.5 Å². The fourth-order valence-corrected chi connectivity index (χ4v) is 1.72. The molecular weight excluding hydrogens is 379 g/mol. The first kappa shape index (κ1) is 20.0. The van der Waals surface area contributed by atoms with Crippen molar-refractivity contribution in [3.05, 3.63) is 24.3 Å². The lowest BCUT2D eigenvalue weighted by Gasteiger charge is -2.22. The molecular formula is C15H27IN4O. The summed E-state index contributed by atoms with van der Waals surface area (Å²) >= 11 is 0. The van der Waals surface area contributed by atoms with Crippen LogP contribution >= 0.6 is 24.0 Å². The van der Waals surface area contributed by atoms with Crippen LogP contribution in [0.5, 0.6) is 5.75 Å². The van der Waals surface area contributed by atoms with Crippen LogP contribution in [0.4, 0.5) is 5.69 Å². The SMILES string of the molecule is CCC(C)N(C)CCN=C(N)Nc1ccc(OC)cc1.I. The third-order valence-corrected chi connectivity index (χ3v) is 3.44. The minimum absolute atomic E-state index is 0. The van der Waals surface area contributed by atoms with Crippen LogP contribution in [-0.4, -0.2) is 44.1 Å². The Morgan fingerprint density at radius 1 is 1.38 bits per heavy atom. The van der Waals surface area contributed by atoms with Gasteiger partial charge in [0.1, 0.15) is 5.75 Å². The number of halogens is 1. The van der Waals surface area contributed by atoms with E-state index >= 15 is 0 Å². The van der Waals surface area contributed by atoms with Gasteiger partial charge in [-0.1, -0.05) is 6.92 Å². The Labute approximate surface area is 145 Å². The molecule has 0 bridgehead atoms. The zero-order valence-electron chi connectivity index (χ0n) is 13.3. The van der Waals surface area contributed by atoms with E-state index in [2.05, 4.69) is 36.1 Å². The van der Waals surface area contributed by atoms with E-state index in [0.717, 1.165) is 24.4 Å². The van der Waals surface area contributed by atoms with Crippen molar-refractivity contribution in [3.63, 3.8) is 0 Å². The van der Waals surface area contributed by atoms with Crippen LogP contribution in [0.15, 0.2) is 29.3 Å². The summed E-state index contributed by atoms with van der Waals surface area (Å²) in [7, 11) is 3.75. The van der Waals surface area contributed by atoms with E-state index in [1.54, 1.807) is 7.11 Å². The molecule has 3 N–H and O–H groups in total. The number of methoxy groups -OCH3 is 1. The van der Waals surface area contributed by atoms with Crippen LogP contribution in [0.2, 0.25) is 0 Å². The van der Waals surface area contributed by atoms with Crippen LogP contribution in [-0.2, 0) is 0 Å². The van der Waals surface area contributed by atoms with Gasteiger partial charge < -0.3 is 20.7 Å². The van der Waals surface area contributed by atoms with Gasteiger partial charge in [-0.15, -0.1) is 24.0 Å². The maximum atomic E-state index is 5.86. The van der Waals surface area contributed by atoms with Gasteiger partial charge in [-0.2, -0.15) is 0 Å². The van der Waals surface area contributed by atoms with E-state index in [9.17, 15) is 0 Å². The van der Waals surface area contributed by atoms with E-state index in [4.69, 9.17) is 10.5 Å². The summed E-state index contributed by atoms with van der Waals surface area (Å²) in [5.41, 5.74) is 6.77. The summed E-state index contributed by atoms with van der Waals surface area (Å²) in [5, 5.41) is 3.06. The van der Waals surface area contributed by atoms with Gasteiger partial charge in [0.15, 0.2) is 5.96 Å². The van der Waals surface area contributed by atoms with E-state index < -0.39 is 0 Å². The molecule has 0 aliphatic carbocycles. The molecule has 0 aliphatic rings. The fraction of sp³-hybridized carbons (Fsp3) is 0.533. The van der Waals surface area contributed by atoms with Crippen molar-refractivity contribution < 1.29 is 4.74 Å². The van der Waals surface area contributed by atoms with Gasteiger partial charge in [0.2, 0.25) is 0 Å². The molecule has 0 aromatic heterocycles. The number of nitrogens with zero attached hydrogens (tertiary/aromatic N) is 2. The van der Waals surface area contributed by atoms with Crippen molar-refractivity contribution in [3.8, 4) is 5.75 Å². The molecule has 1 unspecified atom stereocenters. The quantitative estimate of drug-likeness (QED) is 0.415. The molecule has 0 spiro atoms. The van der Waals surface area contributed by atoms with E-state index in [-0.39, 0.29) is 24.0 Å². The number of hydrogen-bond donors (Lipinski definition) is 2. The summed E-state index contributed by atoms with van der Waals surface area (Å²) in [5.74, 6) is 1.26. The lowest BCUT2D eigenvalue weighted by atomic mass is 10.2. The molecule has 0 aliphatic heterocycles. The molecule has 0 saturated heterocycles. The molecule has 1 aromatic rings. The number of aliphatic imine (C=N–C) groups is 1. The lowest BCUT2D eigenvalue weighted by Crippen LogP contribution is -2.31. The summed E-state index contributed by atoms with van der Waals surface area (Å²) in [6.07, 6.45) is 1.14. The predicted molar refractivity (Wildman–Crippen MR) is 101 cm³/mol. The first-order chi connectivity index (χ1) is 9.56. The fourth-order valence-electron chi connectivity index (χ4n) is 1.72. The number of rotatable bonds is 7. The first-order valence-corrected chi connectivity index (χ1v) is 6.98. The molecule has 0 radical (unpaired) electrons. The molecule has 0 amide bonds. The van der Waals surface area contributed by atoms with Crippen LogP contribution < -0.4 is 15.8 Å². The minimum Gasteiger partial charge on any atom is -0.497 e. The van der Waals surface area contributed by atoms with Gasteiger partial charge in [0.05, 0.1) is 13.7 Å². The second kappa shape index (κ2) is 10.7. The van der Waals surface area contributed by atoms with Gasteiger partial charge in [-0.25, -0.2) is 0 Å². The average molecular weight is 406 g/mol. The number of anilines is 1. The van der Waals surface area contributed by atoms with Gasteiger partial charge in [0, 0.05) is 18.3 Å². The zero-order valence-corrected chi connectivity index (χ0v) is 15.6. The first-order valence-electron chi connectivity index (χ1n) is 6.98. The Morgan fingerprint density at radius 3 is 2.52 bits per heavy atom. The monoisotopic (exact) mass is 406 g/mol. The number of nitrogens with two attached hydrogens (primary N) is 1. The maximum Gasteiger partial charge on any atom is 0.193 e. The number of ether oxygens (including phenoxy) is 1. The zero-order chi connectivity index (χ0) is 15.0. The number of likely N-dealkylation sites (N-methyl/N-ethyl adjacent to an activating group) is 1. The van der Waals surface area contributed by atoms with Gasteiger partial charge in [-0.3, -0.25) is 4.99 Å². The van der Waals surface area contributed by atoms with Gasteiger partial charge in [0.25, 0.3) is 0 Å². The molecule has 1 aromatic carbocycles. The van der Waals surface area contributed by atoms with Crippen LogP contribution in [0.25, 0.3) is 0 Å². The molecule has 0 heterocycles. The van der Waals surface area contributed by atoms with Crippen molar-refractivity contribution in [2.24, 2.45) is 10.7 Å². The highest BCUT2D eigenvalue weighted by Crippen LogP contribution is 2.14. The Bertz CT molecular complexity index is 422. The maximum absolute atomic E-state index is 5.86. The summed E-state index contributed by atoms with van der Waals surface area (Å²) in [6.45, 7) is 5.99. The second-order valence-electron chi connectivity index (χ2n) is 4.86. The predicted octanol–water partition coefficient (Wildman–Crippen LogP) is 2.77. The molecule has 1 atom stereocenters. The topological polar surface area (TPSA) is 62.9 Å². The smallest absolute Gasteiger partial charge is 0.193 e. The number of benzene rings is 1. The third-order valence-electron chi connectivity index (χ3n) is 3.44. The molecule has 0 saturated carbocycles. The normalized spacial score (nSPS) is 12.7. The van der Waals surface area contributed by atoms with Crippen LogP contribution in [0.1, 0.15) is 20.3 Å². The minimum atomic E-state index is 0. The highest BCUT2D eigenvalue weighted by molar-refractivity contribution is 14.0. The molecule has 120 valence electrons. The highest BCUT2D eigenvalue weighted by Gasteiger charge is 2.05. The average Bonchev–Trinajstić information content (AvgIpc) is 2.47. The van der Waals surface area contributed by atoms with Gasteiger partial charge >= 0.3 is 0 Å². The molecule has 6 heteroatoms. The standard InChI is InChI=1S/C15H26N4O.HI/c1-5-12(2)19(3)11-10-17-15(16)18-13-6-8-14(20-4)9-7-13;/h6-9,12H,5,10-11H2,1-4H3,(H3,16,17,18);1H. The van der Waals surface area contributed by atoms with Crippen LogP contribution in [0, 0.1) is 0 Å². The van der Waals surface area contributed by atoms with Crippen molar-refractivity contribution in [1.29, 1.82) is 0 Å². The summed E-state index contributed by atoms with van der Waals surface area (Å²) < 4.78 is 5.10. The van der Waals surface area contributed by atoms with Crippen molar-refractivity contribution in [2.45, 2.75) is 26.3 Å². The number of guanidine groups is 1. The van der Waals surface area contributed by atoms with Crippen molar-refractivity contribution in [1.82, 2.24) is 4.90 Å². The molecule has 0 fully saturated rings. The lowest BCUT2D eigenvalue weighted by molar-refractivity contribution is 0.259. The number of nitrogens with one attached hydrogen (secondary N) is 1. The Hall–Kier alpha value is -1.02.